The highest BCUT2D eigenvalue weighted by molar-refractivity contribution is 4.96. The number of rotatable bonds is 10. The van der Waals surface area contributed by atoms with Gasteiger partial charge in [-0.1, -0.05) is 0 Å². The van der Waals surface area contributed by atoms with E-state index < -0.39 is 93.9 Å². The molecular formula is C15H28O13. The molecule has 0 saturated carbocycles. The molecule has 2 saturated heterocycles. The fourth-order valence-corrected chi connectivity index (χ4v) is 3.04. The predicted octanol–water partition coefficient (Wildman–Crippen LogP) is -6.02. The number of aliphatic hydroxyl groups is 9. The fraction of sp³-hybridized carbons (Fsp3) is 1.00. The van der Waals surface area contributed by atoms with Crippen molar-refractivity contribution in [2.24, 2.45) is 0 Å². The second-order valence-electron chi connectivity index (χ2n) is 6.63. The molecule has 13 heteroatoms. The van der Waals surface area contributed by atoms with Crippen LogP contribution in [0, 0.1) is 0 Å². The smallest absolute Gasteiger partial charge is 0.187 e. The van der Waals surface area contributed by atoms with Crippen molar-refractivity contribution >= 4 is 0 Å². The molecule has 2 rings (SSSR count). The summed E-state index contributed by atoms with van der Waals surface area (Å²) < 4.78 is 21.2. The van der Waals surface area contributed by atoms with Crippen molar-refractivity contribution in [2.45, 2.75) is 67.5 Å². The Morgan fingerprint density at radius 3 is 1.75 bits per heavy atom. The Labute approximate surface area is 159 Å². The molecule has 2 fully saturated rings. The quantitative estimate of drug-likeness (QED) is 0.162. The van der Waals surface area contributed by atoms with Gasteiger partial charge in [-0.05, 0) is 0 Å². The second-order valence-corrected chi connectivity index (χ2v) is 6.63. The molecular weight excluding hydrogens is 388 g/mol. The average molecular weight is 416 g/mol. The van der Waals surface area contributed by atoms with Gasteiger partial charge in [-0.15, -0.1) is 0 Å². The van der Waals surface area contributed by atoms with Gasteiger partial charge in [0.15, 0.2) is 12.6 Å². The van der Waals surface area contributed by atoms with Crippen LogP contribution in [-0.2, 0) is 18.9 Å². The first-order valence-corrected chi connectivity index (χ1v) is 8.74. The third-order valence-electron chi connectivity index (χ3n) is 4.64. The van der Waals surface area contributed by atoms with Crippen LogP contribution in [0.5, 0.6) is 0 Å². The van der Waals surface area contributed by atoms with Crippen molar-refractivity contribution in [3.05, 3.63) is 0 Å². The maximum absolute atomic E-state index is 10.4. The molecule has 0 aromatic rings. The van der Waals surface area contributed by atoms with E-state index in [9.17, 15) is 30.6 Å². The molecule has 166 valence electrons. The van der Waals surface area contributed by atoms with Crippen molar-refractivity contribution in [2.75, 3.05) is 26.4 Å². The highest BCUT2D eigenvalue weighted by Gasteiger charge is 2.53. The van der Waals surface area contributed by atoms with Crippen molar-refractivity contribution in [1.29, 1.82) is 0 Å². The lowest BCUT2D eigenvalue weighted by atomic mass is 10.0. The Bertz CT molecular complexity index is 463. The van der Waals surface area contributed by atoms with Gasteiger partial charge in [-0.25, -0.2) is 0 Å². The number of hydrogen-bond acceptors (Lipinski definition) is 13. The third-order valence-corrected chi connectivity index (χ3v) is 4.64. The first-order chi connectivity index (χ1) is 13.3. The summed E-state index contributed by atoms with van der Waals surface area (Å²) in [5.74, 6) is 0. The number of ether oxygens (including phenoxy) is 4. The number of hydrogen-bond donors (Lipinski definition) is 9. The summed E-state index contributed by atoms with van der Waals surface area (Å²) >= 11 is 0. The Morgan fingerprint density at radius 1 is 0.679 bits per heavy atom. The molecule has 0 spiro atoms. The van der Waals surface area contributed by atoms with Crippen LogP contribution in [0.15, 0.2) is 0 Å². The highest BCUT2D eigenvalue weighted by Crippen LogP contribution is 2.32. The van der Waals surface area contributed by atoms with Gasteiger partial charge in [0.25, 0.3) is 0 Å². The Balaban J connectivity index is 2.12. The molecule has 0 amide bonds. The van der Waals surface area contributed by atoms with E-state index >= 15 is 0 Å². The van der Waals surface area contributed by atoms with Crippen molar-refractivity contribution in [3.8, 4) is 0 Å². The van der Waals surface area contributed by atoms with Crippen LogP contribution in [0.1, 0.15) is 0 Å². The van der Waals surface area contributed by atoms with E-state index in [-0.39, 0.29) is 0 Å². The lowest BCUT2D eigenvalue weighted by Crippen LogP contribution is -2.47. The zero-order valence-corrected chi connectivity index (χ0v) is 14.8. The molecule has 9 N–H and O–H groups in total. The van der Waals surface area contributed by atoms with Crippen LogP contribution < -0.4 is 0 Å². The minimum absolute atomic E-state index is 0.584. The van der Waals surface area contributed by atoms with Crippen LogP contribution in [0.25, 0.3) is 0 Å². The summed E-state index contributed by atoms with van der Waals surface area (Å²) in [7, 11) is 0. The topological polar surface area (TPSA) is 219 Å². The maximum atomic E-state index is 10.4. The summed E-state index contributed by atoms with van der Waals surface area (Å²) in [6.07, 6.45) is -16.1. The Hall–Kier alpha value is -0.520. The standard InChI is InChI=1S/C15H28O13/c16-1-5(2-17)25-15-10(24)13(12(27-15)7(21)4-19)28-14-9(23)8(22)11(26-14)6(20)3-18/h5-24H,1-4H2/t6?,7?,8-,9-,10-,11+,12+,13-,14+,15-/m1/s1. The Morgan fingerprint density at radius 2 is 1.21 bits per heavy atom. The van der Waals surface area contributed by atoms with E-state index in [2.05, 4.69) is 0 Å². The van der Waals surface area contributed by atoms with Crippen LogP contribution in [0.4, 0.5) is 0 Å². The lowest BCUT2D eigenvalue weighted by Gasteiger charge is -2.27. The molecule has 2 aliphatic heterocycles. The van der Waals surface area contributed by atoms with E-state index in [1.165, 1.54) is 0 Å². The van der Waals surface area contributed by atoms with Gasteiger partial charge in [-0.3, -0.25) is 0 Å². The van der Waals surface area contributed by atoms with Gasteiger partial charge in [0.1, 0.15) is 54.9 Å². The molecule has 28 heavy (non-hydrogen) atoms. The van der Waals surface area contributed by atoms with E-state index in [1.807, 2.05) is 0 Å². The third kappa shape index (κ3) is 4.96. The van der Waals surface area contributed by atoms with Gasteiger partial charge >= 0.3 is 0 Å². The molecule has 2 heterocycles. The van der Waals surface area contributed by atoms with Gasteiger partial charge in [0.05, 0.1) is 26.4 Å². The van der Waals surface area contributed by atoms with Crippen molar-refractivity contribution in [3.63, 3.8) is 0 Å². The molecule has 2 unspecified atom stereocenters. The monoisotopic (exact) mass is 416 g/mol. The summed E-state index contributed by atoms with van der Waals surface area (Å²) in [6, 6.07) is 0. The molecule has 0 radical (unpaired) electrons. The van der Waals surface area contributed by atoms with Gasteiger partial charge in [0, 0.05) is 0 Å². The van der Waals surface area contributed by atoms with Gasteiger partial charge in [0.2, 0.25) is 0 Å². The van der Waals surface area contributed by atoms with E-state index in [0.29, 0.717) is 0 Å². The summed E-state index contributed by atoms with van der Waals surface area (Å²) in [5, 5.41) is 86.3. The minimum atomic E-state index is -1.66. The van der Waals surface area contributed by atoms with Crippen molar-refractivity contribution < 1.29 is 64.9 Å². The zero-order chi connectivity index (χ0) is 21.0. The molecule has 0 bridgehead atoms. The Kier molecular flexibility index (Phi) is 8.90. The van der Waals surface area contributed by atoms with Gasteiger partial charge in [-0.2, -0.15) is 0 Å². The van der Waals surface area contributed by atoms with Crippen LogP contribution >= 0.6 is 0 Å². The second kappa shape index (κ2) is 10.5. The summed E-state index contributed by atoms with van der Waals surface area (Å²) in [6.45, 7) is -2.68. The maximum Gasteiger partial charge on any atom is 0.187 e. The summed E-state index contributed by atoms with van der Waals surface area (Å²) in [4.78, 5) is 0. The molecule has 13 nitrogen and oxygen atoms in total. The minimum Gasteiger partial charge on any atom is -0.394 e. The lowest BCUT2D eigenvalue weighted by molar-refractivity contribution is -0.226. The van der Waals surface area contributed by atoms with E-state index in [0.717, 1.165) is 0 Å². The molecule has 0 aromatic carbocycles. The van der Waals surface area contributed by atoms with Crippen molar-refractivity contribution in [1.82, 2.24) is 0 Å². The average Bonchev–Trinajstić information content (AvgIpc) is 3.16. The van der Waals surface area contributed by atoms with Gasteiger partial charge < -0.3 is 64.9 Å². The molecule has 0 aliphatic carbocycles. The SMILES string of the molecule is OCC(CO)O[C@@H]1O[C@@H](C(O)CO)[C@H](O[C@@H]2O[C@@H](C(O)CO)[C@H](O)[C@H]2O)[C@H]1O. The normalized spacial score (nSPS) is 40.9. The van der Waals surface area contributed by atoms with Crippen LogP contribution in [-0.4, -0.2) is 140 Å². The first-order valence-electron chi connectivity index (χ1n) is 8.74. The fourth-order valence-electron chi connectivity index (χ4n) is 3.04. The highest BCUT2D eigenvalue weighted by atomic mass is 16.8. The summed E-state index contributed by atoms with van der Waals surface area (Å²) in [5.41, 5.74) is 0. The number of aliphatic hydroxyl groups excluding tert-OH is 9. The first kappa shape index (κ1) is 23.8. The van der Waals surface area contributed by atoms with Crippen LogP contribution in [0.3, 0.4) is 0 Å². The molecule has 0 aromatic heterocycles. The zero-order valence-electron chi connectivity index (χ0n) is 14.8. The molecule has 10 atom stereocenters. The van der Waals surface area contributed by atoms with E-state index in [1.54, 1.807) is 0 Å². The van der Waals surface area contributed by atoms with Crippen LogP contribution in [0.2, 0.25) is 0 Å². The largest absolute Gasteiger partial charge is 0.394 e. The van der Waals surface area contributed by atoms with E-state index in [4.69, 9.17) is 34.3 Å². The predicted molar refractivity (Wildman–Crippen MR) is 85.4 cm³/mol. The molecule has 2 aliphatic rings.